The Hall–Kier alpha value is -1.14. The van der Waals surface area contributed by atoms with E-state index in [0.717, 1.165) is 45.4 Å². The molecule has 6 heteroatoms. The topological polar surface area (TPSA) is 67.9 Å². The quantitative estimate of drug-likeness (QED) is 0.577. The van der Waals surface area contributed by atoms with Crippen LogP contribution in [0.15, 0.2) is 0 Å². The van der Waals surface area contributed by atoms with Gasteiger partial charge < -0.3 is 14.8 Å². The number of hydrogen-bond acceptors (Lipinski definition) is 5. The maximum absolute atomic E-state index is 12.3. The molecule has 0 spiro atoms. The third-order valence-corrected chi connectivity index (χ3v) is 4.34. The molecule has 2 rings (SSSR count). The molecular weight excluding hydrogens is 272 g/mol. The van der Waals surface area contributed by atoms with Crippen molar-refractivity contribution in [3.05, 3.63) is 0 Å². The molecule has 0 aromatic rings. The fraction of sp³-hybridized carbons (Fsp3) is 0.867. The molecule has 0 radical (unpaired) electrons. The van der Waals surface area contributed by atoms with Gasteiger partial charge in [0.15, 0.2) is 0 Å². The molecule has 120 valence electrons. The normalized spacial score (nSPS) is 24.0. The van der Waals surface area contributed by atoms with Gasteiger partial charge in [0, 0.05) is 32.2 Å². The Morgan fingerprint density at radius 2 is 2.05 bits per heavy atom. The Morgan fingerprint density at radius 1 is 1.29 bits per heavy atom. The van der Waals surface area contributed by atoms with E-state index in [9.17, 15) is 9.59 Å². The first kappa shape index (κ1) is 16.2. The van der Waals surface area contributed by atoms with Crippen LogP contribution in [0, 0.1) is 0 Å². The molecule has 0 aromatic heterocycles. The van der Waals surface area contributed by atoms with Crippen LogP contribution in [-0.2, 0) is 19.1 Å². The lowest BCUT2D eigenvalue weighted by atomic mass is 10.1. The summed E-state index contributed by atoms with van der Waals surface area (Å²) in [5.41, 5.74) is 0. The molecule has 1 amide bonds. The number of rotatable bonds is 6. The average Bonchev–Trinajstić information content (AvgIpc) is 3.01. The van der Waals surface area contributed by atoms with Gasteiger partial charge in [0.05, 0.1) is 13.2 Å². The van der Waals surface area contributed by atoms with Crippen LogP contribution >= 0.6 is 0 Å². The third kappa shape index (κ3) is 4.68. The number of carbonyl (C=O) groups is 2. The van der Waals surface area contributed by atoms with Gasteiger partial charge in [-0.2, -0.15) is 0 Å². The van der Waals surface area contributed by atoms with E-state index in [0.29, 0.717) is 25.4 Å². The molecule has 2 saturated heterocycles. The van der Waals surface area contributed by atoms with Crippen molar-refractivity contribution >= 4 is 11.9 Å². The van der Waals surface area contributed by atoms with Crippen molar-refractivity contribution in [1.29, 1.82) is 0 Å². The van der Waals surface area contributed by atoms with Crippen molar-refractivity contribution in [2.45, 2.75) is 50.6 Å². The summed E-state index contributed by atoms with van der Waals surface area (Å²) in [6.45, 7) is 3.14. The van der Waals surface area contributed by atoms with Crippen molar-refractivity contribution in [3.63, 3.8) is 0 Å². The number of esters is 1. The molecule has 1 N–H and O–H groups in total. The van der Waals surface area contributed by atoms with Crippen molar-refractivity contribution in [1.82, 2.24) is 10.2 Å². The summed E-state index contributed by atoms with van der Waals surface area (Å²) >= 11 is 0. The molecule has 0 aromatic carbocycles. The molecule has 0 saturated carbocycles. The van der Waals surface area contributed by atoms with Crippen molar-refractivity contribution < 1.29 is 19.1 Å². The van der Waals surface area contributed by atoms with E-state index in [1.165, 1.54) is 7.11 Å². The Balaban J connectivity index is 1.73. The minimum Gasteiger partial charge on any atom is -0.469 e. The molecule has 2 aliphatic heterocycles. The standard InChI is InChI=1S/C15H26N2O4/c1-20-14(18)5-2-8-16-15(19)13-4-3-9-17(13)12-6-10-21-11-7-12/h12-13H,2-11H2,1H3,(H,16,19)/t13-/m0/s1. The summed E-state index contributed by atoms with van der Waals surface area (Å²) < 4.78 is 9.98. The van der Waals surface area contributed by atoms with E-state index in [1.54, 1.807) is 0 Å². The zero-order valence-corrected chi connectivity index (χ0v) is 12.8. The van der Waals surface area contributed by atoms with E-state index in [-0.39, 0.29) is 17.9 Å². The Morgan fingerprint density at radius 3 is 2.76 bits per heavy atom. The first-order chi connectivity index (χ1) is 10.2. The summed E-state index contributed by atoms with van der Waals surface area (Å²) in [6.07, 6.45) is 5.03. The summed E-state index contributed by atoms with van der Waals surface area (Å²) in [4.78, 5) is 25.7. The van der Waals surface area contributed by atoms with Gasteiger partial charge in [-0.15, -0.1) is 0 Å². The third-order valence-electron chi connectivity index (χ3n) is 4.34. The van der Waals surface area contributed by atoms with Crippen LogP contribution < -0.4 is 5.32 Å². The second-order valence-electron chi connectivity index (χ2n) is 5.71. The highest BCUT2D eigenvalue weighted by Crippen LogP contribution is 2.25. The lowest BCUT2D eigenvalue weighted by Crippen LogP contribution is -2.49. The molecule has 0 aliphatic carbocycles. The molecule has 0 bridgehead atoms. The van der Waals surface area contributed by atoms with Gasteiger partial charge >= 0.3 is 5.97 Å². The number of likely N-dealkylation sites (tertiary alicyclic amines) is 1. The highest BCUT2D eigenvalue weighted by Gasteiger charge is 2.35. The average molecular weight is 298 g/mol. The van der Waals surface area contributed by atoms with Crippen LogP contribution in [-0.4, -0.2) is 62.3 Å². The number of hydrogen-bond donors (Lipinski definition) is 1. The molecule has 2 fully saturated rings. The van der Waals surface area contributed by atoms with Crippen LogP contribution in [0.5, 0.6) is 0 Å². The van der Waals surface area contributed by atoms with E-state index in [2.05, 4.69) is 15.0 Å². The van der Waals surface area contributed by atoms with Gasteiger partial charge in [-0.3, -0.25) is 14.5 Å². The highest BCUT2D eigenvalue weighted by molar-refractivity contribution is 5.82. The smallest absolute Gasteiger partial charge is 0.305 e. The SMILES string of the molecule is COC(=O)CCCNC(=O)[C@@H]1CCCN1C1CCOCC1. The predicted molar refractivity (Wildman–Crippen MR) is 77.8 cm³/mol. The fourth-order valence-corrected chi connectivity index (χ4v) is 3.19. The van der Waals surface area contributed by atoms with Crippen LogP contribution in [0.25, 0.3) is 0 Å². The zero-order chi connectivity index (χ0) is 15.1. The van der Waals surface area contributed by atoms with E-state index < -0.39 is 0 Å². The summed E-state index contributed by atoms with van der Waals surface area (Å²) in [6, 6.07) is 0.471. The summed E-state index contributed by atoms with van der Waals surface area (Å²) in [5.74, 6) is -0.127. The number of carbonyl (C=O) groups excluding carboxylic acids is 2. The van der Waals surface area contributed by atoms with Crippen LogP contribution in [0.3, 0.4) is 0 Å². The fourth-order valence-electron chi connectivity index (χ4n) is 3.19. The highest BCUT2D eigenvalue weighted by atomic mass is 16.5. The van der Waals surface area contributed by atoms with Crippen LogP contribution in [0.2, 0.25) is 0 Å². The number of amides is 1. The molecule has 6 nitrogen and oxygen atoms in total. The molecule has 2 heterocycles. The molecule has 21 heavy (non-hydrogen) atoms. The van der Waals surface area contributed by atoms with Crippen molar-refractivity contribution in [3.8, 4) is 0 Å². The summed E-state index contributed by atoms with van der Waals surface area (Å²) in [7, 11) is 1.38. The maximum atomic E-state index is 12.3. The number of methoxy groups -OCH3 is 1. The summed E-state index contributed by atoms with van der Waals surface area (Å²) in [5, 5.41) is 2.95. The van der Waals surface area contributed by atoms with Gasteiger partial charge in [-0.05, 0) is 38.6 Å². The molecule has 2 aliphatic rings. The van der Waals surface area contributed by atoms with Gasteiger partial charge in [-0.25, -0.2) is 0 Å². The second kappa shape index (κ2) is 8.34. The van der Waals surface area contributed by atoms with E-state index >= 15 is 0 Å². The Bertz CT molecular complexity index is 356. The number of nitrogens with one attached hydrogen (secondary N) is 1. The largest absolute Gasteiger partial charge is 0.469 e. The van der Waals surface area contributed by atoms with Crippen molar-refractivity contribution in [2.75, 3.05) is 33.4 Å². The lowest BCUT2D eigenvalue weighted by Gasteiger charge is -2.34. The van der Waals surface area contributed by atoms with Gasteiger partial charge in [-0.1, -0.05) is 0 Å². The maximum Gasteiger partial charge on any atom is 0.305 e. The Labute approximate surface area is 126 Å². The van der Waals surface area contributed by atoms with Gasteiger partial charge in [0.1, 0.15) is 0 Å². The molecule has 0 unspecified atom stereocenters. The van der Waals surface area contributed by atoms with Crippen molar-refractivity contribution in [2.24, 2.45) is 0 Å². The monoisotopic (exact) mass is 298 g/mol. The first-order valence-electron chi connectivity index (χ1n) is 7.90. The minimum absolute atomic E-state index is 0.00812. The lowest BCUT2D eigenvalue weighted by molar-refractivity contribution is -0.140. The minimum atomic E-state index is -0.228. The molecular formula is C15H26N2O4. The van der Waals surface area contributed by atoms with Gasteiger partial charge in [0.25, 0.3) is 0 Å². The van der Waals surface area contributed by atoms with Gasteiger partial charge in [0.2, 0.25) is 5.91 Å². The molecule has 1 atom stereocenters. The second-order valence-corrected chi connectivity index (χ2v) is 5.71. The Kier molecular flexibility index (Phi) is 6.45. The number of ether oxygens (including phenoxy) is 2. The number of nitrogens with zero attached hydrogens (tertiary/aromatic N) is 1. The predicted octanol–water partition coefficient (Wildman–Crippen LogP) is 0.699. The van der Waals surface area contributed by atoms with E-state index in [4.69, 9.17) is 4.74 Å². The zero-order valence-electron chi connectivity index (χ0n) is 12.8. The van der Waals surface area contributed by atoms with Crippen LogP contribution in [0.1, 0.15) is 38.5 Å². The van der Waals surface area contributed by atoms with E-state index in [1.807, 2.05) is 0 Å². The first-order valence-corrected chi connectivity index (χ1v) is 7.90. The van der Waals surface area contributed by atoms with Crippen LogP contribution in [0.4, 0.5) is 0 Å².